The van der Waals surface area contributed by atoms with E-state index in [1.807, 2.05) is 0 Å². The summed E-state index contributed by atoms with van der Waals surface area (Å²) in [4.78, 5) is 14.7. The maximum Gasteiger partial charge on any atom is 0.223 e. The fourth-order valence-electron chi connectivity index (χ4n) is 3.87. The number of nitrogens with two attached hydrogens (primary N) is 1. The van der Waals surface area contributed by atoms with Crippen molar-refractivity contribution in [3.63, 3.8) is 0 Å². The van der Waals surface area contributed by atoms with E-state index in [9.17, 15) is 4.79 Å². The zero-order valence-corrected chi connectivity index (χ0v) is 13.3. The van der Waals surface area contributed by atoms with Gasteiger partial charge in [-0.2, -0.15) is 0 Å². The molecule has 0 radical (unpaired) electrons. The highest BCUT2D eigenvalue weighted by Gasteiger charge is 2.37. The van der Waals surface area contributed by atoms with Gasteiger partial charge in [-0.15, -0.1) is 0 Å². The molecule has 0 saturated heterocycles. The SMILES string of the molecule is CC1CC(C(=O)NCC2(N(C)C)CCCC2)CCC1N. The third kappa shape index (κ3) is 3.34. The molecule has 1 amide bonds. The molecule has 2 fully saturated rings. The summed E-state index contributed by atoms with van der Waals surface area (Å²) in [6, 6.07) is 0.280. The summed E-state index contributed by atoms with van der Waals surface area (Å²) in [5, 5.41) is 3.23. The van der Waals surface area contributed by atoms with Crippen LogP contribution in [0.1, 0.15) is 51.9 Å². The maximum atomic E-state index is 12.4. The van der Waals surface area contributed by atoms with Crippen molar-refractivity contribution in [2.24, 2.45) is 17.6 Å². The van der Waals surface area contributed by atoms with E-state index in [4.69, 9.17) is 5.73 Å². The molecule has 2 aliphatic carbocycles. The molecule has 0 aromatic heterocycles. The Balaban J connectivity index is 1.85. The number of carbonyl (C=O) groups excluding carboxylic acids is 1. The van der Waals surface area contributed by atoms with Crippen molar-refractivity contribution >= 4 is 5.91 Å². The summed E-state index contributed by atoms with van der Waals surface area (Å²) < 4.78 is 0. The Bertz CT molecular complexity index is 337. The van der Waals surface area contributed by atoms with Gasteiger partial charge in [0.1, 0.15) is 0 Å². The van der Waals surface area contributed by atoms with Crippen LogP contribution in [0, 0.1) is 11.8 Å². The van der Waals surface area contributed by atoms with Gasteiger partial charge >= 0.3 is 0 Å². The second-order valence-corrected chi connectivity index (χ2v) is 7.19. The fourth-order valence-corrected chi connectivity index (χ4v) is 3.87. The first-order chi connectivity index (χ1) is 9.44. The normalized spacial score (nSPS) is 33.4. The minimum absolute atomic E-state index is 0.172. The van der Waals surface area contributed by atoms with Crippen LogP contribution in [0.2, 0.25) is 0 Å². The van der Waals surface area contributed by atoms with Gasteiger partial charge in [-0.3, -0.25) is 4.79 Å². The number of rotatable bonds is 4. The number of nitrogens with zero attached hydrogens (tertiary/aromatic N) is 1. The Morgan fingerprint density at radius 3 is 2.50 bits per heavy atom. The summed E-state index contributed by atoms with van der Waals surface area (Å²) in [5.74, 6) is 0.885. The van der Waals surface area contributed by atoms with Crippen molar-refractivity contribution in [1.29, 1.82) is 0 Å². The van der Waals surface area contributed by atoms with Crippen LogP contribution in [0.5, 0.6) is 0 Å². The van der Waals surface area contributed by atoms with Gasteiger partial charge in [-0.25, -0.2) is 0 Å². The molecule has 0 spiro atoms. The molecule has 0 aromatic carbocycles. The lowest BCUT2D eigenvalue weighted by Crippen LogP contribution is -2.52. The van der Waals surface area contributed by atoms with Crippen LogP contribution < -0.4 is 11.1 Å². The molecule has 0 aliphatic heterocycles. The van der Waals surface area contributed by atoms with E-state index >= 15 is 0 Å². The molecule has 20 heavy (non-hydrogen) atoms. The van der Waals surface area contributed by atoms with Gasteiger partial charge in [-0.1, -0.05) is 19.8 Å². The molecule has 4 heteroatoms. The Labute approximate surface area is 123 Å². The molecule has 2 rings (SSSR count). The fraction of sp³-hybridized carbons (Fsp3) is 0.938. The lowest BCUT2D eigenvalue weighted by atomic mass is 9.79. The minimum atomic E-state index is 0.172. The van der Waals surface area contributed by atoms with Crippen molar-refractivity contribution in [2.45, 2.75) is 63.5 Å². The Hall–Kier alpha value is -0.610. The van der Waals surface area contributed by atoms with Gasteiger partial charge in [0, 0.05) is 24.0 Å². The zero-order chi connectivity index (χ0) is 14.8. The van der Waals surface area contributed by atoms with E-state index in [1.54, 1.807) is 0 Å². The highest BCUT2D eigenvalue weighted by molar-refractivity contribution is 5.78. The van der Waals surface area contributed by atoms with E-state index in [-0.39, 0.29) is 23.4 Å². The van der Waals surface area contributed by atoms with Crippen molar-refractivity contribution in [2.75, 3.05) is 20.6 Å². The quantitative estimate of drug-likeness (QED) is 0.825. The largest absolute Gasteiger partial charge is 0.354 e. The third-order valence-corrected chi connectivity index (χ3v) is 5.68. The van der Waals surface area contributed by atoms with Crippen molar-refractivity contribution < 1.29 is 4.79 Å². The predicted octanol–water partition coefficient (Wildman–Crippen LogP) is 1.74. The maximum absolute atomic E-state index is 12.4. The first kappa shape index (κ1) is 15.8. The third-order valence-electron chi connectivity index (χ3n) is 5.68. The molecule has 2 aliphatic rings. The van der Waals surface area contributed by atoms with E-state index in [2.05, 4.69) is 31.2 Å². The predicted molar refractivity (Wildman–Crippen MR) is 82.4 cm³/mol. The number of likely N-dealkylation sites (N-methyl/N-ethyl adjacent to an activating group) is 1. The minimum Gasteiger partial charge on any atom is -0.354 e. The Morgan fingerprint density at radius 2 is 1.95 bits per heavy atom. The molecule has 3 unspecified atom stereocenters. The molecule has 116 valence electrons. The molecular formula is C16H31N3O. The van der Waals surface area contributed by atoms with Gasteiger partial charge in [0.15, 0.2) is 0 Å². The summed E-state index contributed by atoms with van der Waals surface area (Å²) in [6.45, 7) is 2.97. The van der Waals surface area contributed by atoms with Crippen LogP contribution in [-0.4, -0.2) is 43.0 Å². The second-order valence-electron chi connectivity index (χ2n) is 7.19. The number of hydrogen-bond acceptors (Lipinski definition) is 3. The van der Waals surface area contributed by atoms with Crippen LogP contribution in [0.3, 0.4) is 0 Å². The van der Waals surface area contributed by atoms with E-state index < -0.39 is 0 Å². The molecule has 0 bridgehead atoms. The van der Waals surface area contributed by atoms with Crippen molar-refractivity contribution in [1.82, 2.24) is 10.2 Å². The summed E-state index contributed by atoms with van der Waals surface area (Å²) in [7, 11) is 4.28. The van der Waals surface area contributed by atoms with Gasteiger partial charge in [0.05, 0.1) is 0 Å². The highest BCUT2D eigenvalue weighted by Crippen LogP contribution is 2.33. The van der Waals surface area contributed by atoms with Crippen LogP contribution >= 0.6 is 0 Å². The van der Waals surface area contributed by atoms with Crippen molar-refractivity contribution in [3.8, 4) is 0 Å². The summed E-state index contributed by atoms with van der Waals surface area (Å²) in [5.41, 5.74) is 6.22. The first-order valence-corrected chi connectivity index (χ1v) is 8.15. The van der Waals surface area contributed by atoms with Crippen LogP contribution in [0.25, 0.3) is 0 Å². The molecule has 0 heterocycles. The summed E-state index contributed by atoms with van der Waals surface area (Å²) >= 11 is 0. The lowest BCUT2D eigenvalue weighted by Gasteiger charge is -2.37. The number of nitrogens with one attached hydrogen (secondary N) is 1. The van der Waals surface area contributed by atoms with Gasteiger partial charge in [-0.05, 0) is 52.1 Å². The highest BCUT2D eigenvalue weighted by atomic mass is 16.1. The van der Waals surface area contributed by atoms with Gasteiger partial charge in [0.2, 0.25) is 5.91 Å². The van der Waals surface area contributed by atoms with Crippen LogP contribution in [0.15, 0.2) is 0 Å². The molecule has 3 N–H and O–H groups in total. The Morgan fingerprint density at radius 1 is 1.30 bits per heavy atom. The second kappa shape index (κ2) is 6.44. The monoisotopic (exact) mass is 281 g/mol. The van der Waals surface area contributed by atoms with Crippen LogP contribution in [-0.2, 0) is 4.79 Å². The topological polar surface area (TPSA) is 58.4 Å². The average Bonchev–Trinajstić information content (AvgIpc) is 2.89. The lowest BCUT2D eigenvalue weighted by molar-refractivity contribution is -0.127. The average molecular weight is 281 g/mol. The molecule has 3 atom stereocenters. The first-order valence-electron chi connectivity index (χ1n) is 8.15. The van der Waals surface area contributed by atoms with E-state index in [1.165, 1.54) is 25.7 Å². The Kier molecular flexibility index (Phi) is 5.08. The molecule has 0 aromatic rings. The molecule has 2 saturated carbocycles. The number of amides is 1. The zero-order valence-electron chi connectivity index (χ0n) is 13.3. The van der Waals surface area contributed by atoms with Crippen LogP contribution in [0.4, 0.5) is 0 Å². The summed E-state index contributed by atoms with van der Waals surface area (Å²) in [6.07, 6.45) is 7.84. The van der Waals surface area contributed by atoms with Gasteiger partial charge < -0.3 is 16.0 Å². The standard InChI is InChI=1S/C16H31N3O/c1-12-10-13(6-7-14(12)17)15(20)18-11-16(19(2)3)8-4-5-9-16/h12-14H,4-11,17H2,1-3H3,(H,18,20). The van der Waals surface area contributed by atoms with E-state index in [0.717, 1.165) is 25.8 Å². The number of hydrogen-bond donors (Lipinski definition) is 2. The number of carbonyl (C=O) groups is 1. The molecular weight excluding hydrogens is 250 g/mol. The smallest absolute Gasteiger partial charge is 0.223 e. The van der Waals surface area contributed by atoms with Gasteiger partial charge in [0.25, 0.3) is 0 Å². The van der Waals surface area contributed by atoms with Crippen molar-refractivity contribution in [3.05, 3.63) is 0 Å². The van der Waals surface area contributed by atoms with E-state index in [0.29, 0.717) is 5.92 Å². The molecule has 4 nitrogen and oxygen atoms in total.